The van der Waals surface area contributed by atoms with Crippen LogP contribution in [0.4, 0.5) is 0 Å². The Labute approximate surface area is 74.4 Å². The van der Waals surface area contributed by atoms with Crippen LogP contribution in [0, 0.1) is 0 Å². The van der Waals surface area contributed by atoms with Gasteiger partial charge in [0.15, 0.2) is 0 Å². The number of hydrogen-bond donors (Lipinski definition) is 3. The van der Waals surface area contributed by atoms with E-state index < -0.39 is 12.4 Å². The SMILES string of the molecule is NC(=O)c1cccc(OC(O)O)c1. The lowest BCUT2D eigenvalue weighted by atomic mass is 10.2. The van der Waals surface area contributed by atoms with Gasteiger partial charge in [0.25, 0.3) is 0 Å². The monoisotopic (exact) mass is 183 g/mol. The molecule has 1 aromatic rings. The number of benzene rings is 1. The minimum atomic E-state index is -1.90. The number of ether oxygens (including phenoxy) is 1. The van der Waals surface area contributed by atoms with Crippen LogP contribution in [0.25, 0.3) is 0 Å². The van der Waals surface area contributed by atoms with Crippen LogP contribution in [0.5, 0.6) is 5.75 Å². The third kappa shape index (κ3) is 2.73. The summed E-state index contributed by atoms with van der Waals surface area (Å²) in [5.41, 5.74) is 5.24. The van der Waals surface area contributed by atoms with Gasteiger partial charge in [-0.2, -0.15) is 0 Å². The fourth-order valence-corrected chi connectivity index (χ4v) is 0.844. The summed E-state index contributed by atoms with van der Waals surface area (Å²) in [6.45, 7) is -1.90. The molecule has 70 valence electrons. The zero-order valence-corrected chi connectivity index (χ0v) is 6.68. The van der Waals surface area contributed by atoms with Gasteiger partial charge in [-0.3, -0.25) is 4.79 Å². The third-order valence-corrected chi connectivity index (χ3v) is 1.36. The Kier molecular flexibility index (Phi) is 2.84. The van der Waals surface area contributed by atoms with Crippen LogP contribution in [0.1, 0.15) is 10.4 Å². The molecular weight excluding hydrogens is 174 g/mol. The molecule has 1 aromatic carbocycles. The number of nitrogens with two attached hydrogens (primary N) is 1. The minimum absolute atomic E-state index is 0.173. The van der Waals surface area contributed by atoms with Crippen molar-refractivity contribution in [2.75, 3.05) is 0 Å². The fraction of sp³-hybridized carbons (Fsp3) is 0.125. The van der Waals surface area contributed by atoms with Gasteiger partial charge in [-0.05, 0) is 18.2 Å². The zero-order valence-electron chi connectivity index (χ0n) is 6.68. The van der Waals surface area contributed by atoms with Gasteiger partial charge in [0.2, 0.25) is 5.91 Å². The van der Waals surface area contributed by atoms with Crippen molar-refractivity contribution in [3.8, 4) is 5.75 Å². The van der Waals surface area contributed by atoms with E-state index in [4.69, 9.17) is 15.9 Å². The largest absolute Gasteiger partial charge is 0.442 e. The van der Waals surface area contributed by atoms with Crippen LogP contribution in [-0.2, 0) is 0 Å². The highest BCUT2D eigenvalue weighted by Gasteiger charge is 2.03. The van der Waals surface area contributed by atoms with Crippen LogP contribution < -0.4 is 10.5 Å². The number of aliphatic hydroxyl groups excluding tert-OH is 1. The molecule has 0 saturated heterocycles. The minimum Gasteiger partial charge on any atom is -0.442 e. The molecule has 4 N–H and O–H groups in total. The molecule has 13 heavy (non-hydrogen) atoms. The quantitative estimate of drug-likeness (QED) is 0.547. The molecule has 1 amide bonds. The fourth-order valence-electron chi connectivity index (χ4n) is 0.844. The number of carbonyl (C=O) groups is 1. The Bertz CT molecular complexity index is 311. The van der Waals surface area contributed by atoms with E-state index in [0.717, 1.165) is 0 Å². The highest BCUT2D eigenvalue weighted by atomic mass is 16.7. The first kappa shape index (κ1) is 9.50. The number of primary amides is 1. The average Bonchev–Trinajstić information content (AvgIpc) is 2.03. The van der Waals surface area contributed by atoms with E-state index in [1.807, 2.05) is 0 Å². The topological polar surface area (TPSA) is 92.8 Å². The van der Waals surface area contributed by atoms with Gasteiger partial charge in [0.05, 0.1) is 0 Å². The second kappa shape index (κ2) is 3.88. The summed E-state index contributed by atoms with van der Waals surface area (Å²) < 4.78 is 4.51. The molecule has 0 bridgehead atoms. The summed E-state index contributed by atoms with van der Waals surface area (Å²) >= 11 is 0. The molecule has 0 heterocycles. The molecule has 0 aromatic heterocycles. The van der Waals surface area contributed by atoms with Crippen molar-refractivity contribution in [1.82, 2.24) is 0 Å². The van der Waals surface area contributed by atoms with Crippen molar-refractivity contribution in [2.24, 2.45) is 5.73 Å². The van der Waals surface area contributed by atoms with E-state index in [1.165, 1.54) is 24.3 Å². The smallest absolute Gasteiger partial charge is 0.310 e. The van der Waals surface area contributed by atoms with Crippen molar-refractivity contribution in [3.63, 3.8) is 0 Å². The van der Waals surface area contributed by atoms with Crippen molar-refractivity contribution < 1.29 is 19.7 Å². The Morgan fingerprint density at radius 3 is 2.69 bits per heavy atom. The van der Waals surface area contributed by atoms with E-state index in [0.29, 0.717) is 0 Å². The summed E-state index contributed by atoms with van der Waals surface area (Å²) in [7, 11) is 0. The molecule has 5 nitrogen and oxygen atoms in total. The van der Waals surface area contributed by atoms with Crippen molar-refractivity contribution in [2.45, 2.75) is 6.48 Å². The van der Waals surface area contributed by atoms with Gasteiger partial charge < -0.3 is 20.7 Å². The third-order valence-electron chi connectivity index (χ3n) is 1.36. The Balaban J connectivity index is 2.85. The molecule has 0 radical (unpaired) electrons. The van der Waals surface area contributed by atoms with E-state index in [9.17, 15) is 4.79 Å². The predicted octanol–water partition coefficient (Wildman–Crippen LogP) is -0.568. The number of hydrogen-bond acceptors (Lipinski definition) is 4. The molecule has 0 atom stereocenters. The standard InChI is InChI=1S/C8H9NO4/c9-7(10)5-2-1-3-6(4-5)13-8(11)12/h1-4,8,11-12H,(H2,9,10). The Morgan fingerprint density at radius 1 is 1.46 bits per heavy atom. The normalized spacial score (nSPS) is 10.1. The molecule has 0 aliphatic rings. The van der Waals surface area contributed by atoms with Crippen molar-refractivity contribution in [1.29, 1.82) is 0 Å². The van der Waals surface area contributed by atoms with Crippen molar-refractivity contribution in [3.05, 3.63) is 29.8 Å². The highest BCUT2D eigenvalue weighted by Crippen LogP contribution is 2.13. The van der Waals surface area contributed by atoms with Gasteiger partial charge in [-0.1, -0.05) is 6.07 Å². The van der Waals surface area contributed by atoms with Crippen LogP contribution in [0.2, 0.25) is 0 Å². The molecule has 0 saturated carbocycles. The van der Waals surface area contributed by atoms with Gasteiger partial charge >= 0.3 is 6.48 Å². The first-order valence-corrected chi connectivity index (χ1v) is 3.52. The number of amides is 1. The molecule has 0 unspecified atom stereocenters. The number of rotatable bonds is 3. The van der Waals surface area contributed by atoms with E-state index in [1.54, 1.807) is 0 Å². The predicted molar refractivity (Wildman–Crippen MR) is 43.8 cm³/mol. The highest BCUT2D eigenvalue weighted by molar-refractivity contribution is 5.93. The summed E-state index contributed by atoms with van der Waals surface area (Å²) in [4.78, 5) is 10.7. The molecule has 1 rings (SSSR count). The number of aliphatic hydroxyl groups is 2. The first-order chi connectivity index (χ1) is 6.09. The molecule has 0 aliphatic heterocycles. The van der Waals surface area contributed by atoms with Crippen LogP contribution in [0.15, 0.2) is 24.3 Å². The van der Waals surface area contributed by atoms with Crippen LogP contribution >= 0.6 is 0 Å². The average molecular weight is 183 g/mol. The van der Waals surface area contributed by atoms with Crippen molar-refractivity contribution >= 4 is 5.91 Å². The lowest BCUT2D eigenvalue weighted by molar-refractivity contribution is -0.179. The molecular formula is C8H9NO4. The lowest BCUT2D eigenvalue weighted by Gasteiger charge is -2.07. The first-order valence-electron chi connectivity index (χ1n) is 3.52. The van der Waals surface area contributed by atoms with Crippen LogP contribution in [-0.4, -0.2) is 22.6 Å². The summed E-state index contributed by atoms with van der Waals surface area (Å²) in [6, 6.07) is 5.82. The Hall–Kier alpha value is -1.59. The number of carbonyl (C=O) groups excluding carboxylic acids is 1. The molecule has 5 heteroatoms. The maximum atomic E-state index is 10.7. The summed E-state index contributed by atoms with van der Waals surface area (Å²) in [6.07, 6.45) is 0. The van der Waals surface area contributed by atoms with Gasteiger partial charge in [-0.15, -0.1) is 0 Å². The van der Waals surface area contributed by atoms with Gasteiger partial charge in [-0.25, -0.2) is 0 Å². The Morgan fingerprint density at radius 2 is 2.15 bits per heavy atom. The molecule has 0 fully saturated rings. The van der Waals surface area contributed by atoms with Gasteiger partial charge in [0, 0.05) is 5.56 Å². The van der Waals surface area contributed by atoms with E-state index >= 15 is 0 Å². The zero-order chi connectivity index (χ0) is 9.84. The summed E-state index contributed by atoms with van der Waals surface area (Å²) in [5, 5.41) is 16.9. The molecule has 0 aliphatic carbocycles. The van der Waals surface area contributed by atoms with Gasteiger partial charge in [0.1, 0.15) is 5.75 Å². The molecule has 0 spiro atoms. The van der Waals surface area contributed by atoms with E-state index in [-0.39, 0.29) is 11.3 Å². The van der Waals surface area contributed by atoms with Crippen LogP contribution in [0.3, 0.4) is 0 Å². The maximum Gasteiger partial charge on any atom is 0.310 e. The second-order valence-corrected chi connectivity index (χ2v) is 2.34. The second-order valence-electron chi connectivity index (χ2n) is 2.34. The summed E-state index contributed by atoms with van der Waals surface area (Å²) in [5.74, 6) is -0.427. The maximum absolute atomic E-state index is 10.7. The lowest BCUT2D eigenvalue weighted by Crippen LogP contribution is -2.15. The van der Waals surface area contributed by atoms with E-state index in [2.05, 4.69) is 4.74 Å².